The molecule has 1 aliphatic rings. The molecule has 0 aliphatic carbocycles. The third-order valence-electron chi connectivity index (χ3n) is 14.2. The third kappa shape index (κ3) is 36.8. The summed E-state index contributed by atoms with van der Waals surface area (Å²) in [6.45, 7) is 3.88. The first-order valence-electron chi connectivity index (χ1n) is 28.7. The summed E-state index contributed by atoms with van der Waals surface area (Å²) >= 11 is 0. The fourth-order valence-electron chi connectivity index (χ4n) is 9.64. The highest BCUT2D eigenvalue weighted by Gasteiger charge is 2.44. The molecule has 9 nitrogen and oxygen atoms in total. The topological polar surface area (TPSA) is 149 Å². The van der Waals surface area contributed by atoms with Gasteiger partial charge in [-0.3, -0.25) is 4.79 Å². The molecular weight excluding hydrogens is 815 g/mol. The number of aliphatic hydroxyl groups excluding tert-OH is 5. The van der Waals surface area contributed by atoms with Gasteiger partial charge < -0.3 is 40.3 Å². The van der Waals surface area contributed by atoms with Crippen molar-refractivity contribution >= 4 is 5.91 Å². The van der Waals surface area contributed by atoms with Gasteiger partial charge in [-0.2, -0.15) is 0 Å². The van der Waals surface area contributed by atoms with E-state index in [1.807, 2.05) is 0 Å². The summed E-state index contributed by atoms with van der Waals surface area (Å²) < 4.78 is 11.3. The van der Waals surface area contributed by atoms with E-state index in [0.29, 0.717) is 12.8 Å². The maximum atomic E-state index is 13.1. The summed E-state index contributed by atoms with van der Waals surface area (Å²) in [5, 5.41) is 54.7. The number of hydrogen-bond donors (Lipinski definition) is 6. The van der Waals surface area contributed by atoms with Crippen LogP contribution in [0.3, 0.4) is 0 Å². The molecule has 0 aromatic rings. The maximum Gasteiger partial charge on any atom is 0.220 e. The monoisotopic (exact) mass is 926 g/mol. The van der Waals surface area contributed by atoms with E-state index >= 15 is 0 Å². The first-order chi connectivity index (χ1) is 31.8. The van der Waals surface area contributed by atoms with Crippen molar-refractivity contribution in [3.63, 3.8) is 0 Å². The van der Waals surface area contributed by atoms with E-state index in [9.17, 15) is 30.3 Å². The van der Waals surface area contributed by atoms with Crippen LogP contribution in [0.1, 0.15) is 296 Å². The van der Waals surface area contributed by atoms with E-state index in [1.54, 1.807) is 0 Å². The molecule has 1 saturated heterocycles. The lowest BCUT2D eigenvalue weighted by Crippen LogP contribution is -2.60. The maximum absolute atomic E-state index is 13.1. The summed E-state index contributed by atoms with van der Waals surface area (Å²) in [5.41, 5.74) is 0. The highest BCUT2D eigenvalue weighted by molar-refractivity contribution is 5.76. The van der Waals surface area contributed by atoms with E-state index in [2.05, 4.69) is 19.2 Å². The lowest BCUT2D eigenvalue weighted by molar-refractivity contribution is -0.302. The van der Waals surface area contributed by atoms with Gasteiger partial charge in [0.25, 0.3) is 0 Å². The smallest absolute Gasteiger partial charge is 0.220 e. The average Bonchev–Trinajstić information content (AvgIpc) is 3.31. The first kappa shape index (κ1) is 62.2. The highest BCUT2D eigenvalue weighted by Crippen LogP contribution is 2.23. The van der Waals surface area contributed by atoms with Crippen molar-refractivity contribution in [1.29, 1.82) is 0 Å². The first-order valence-corrected chi connectivity index (χ1v) is 28.7. The average molecular weight is 927 g/mol. The minimum Gasteiger partial charge on any atom is -0.394 e. The van der Waals surface area contributed by atoms with Crippen molar-refractivity contribution in [2.75, 3.05) is 13.2 Å². The number of aliphatic hydroxyl groups is 5. The zero-order valence-electron chi connectivity index (χ0n) is 43.0. The molecular formula is C56H111NO8. The number of nitrogens with one attached hydrogen (secondary N) is 1. The Morgan fingerprint density at radius 3 is 1.09 bits per heavy atom. The summed E-state index contributed by atoms with van der Waals surface area (Å²) in [7, 11) is 0. The fourth-order valence-corrected chi connectivity index (χ4v) is 9.64. The molecule has 9 heteroatoms. The predicted molar refractivity (Wildman–Crippen MR) is 272 cm³/mol. The number of rotatable bonds is 50. The lowest BCUT2D eigenvalue weighted by atomic mass is 9.99. The molecule has 0 bridgehead atoms. The van der Waals surface area contributed by atoms with Crippen LogP contribution in [-0.4, -0.2) is 87.5 Å². The van der Waals surface area contributed by atoms with Gasteiger partial charge in [0.1, 0.15) is 24.4 Å². The Kier molecular flexibility index (Phi) is 44.9. The minimum atomic E-state index is -1.55. The van der Waals surface area contributed by atoms with Gasteiger partial charge in [-0.25, -0.2) is 0 Å². The molecule has 0 radical (unpaired) electrons. The van der Waals surface area contributed by atoms with Gasteiger partial charge in [-0.1, -0.05) is 277 Å². The normalized spacial score (nSPS) is 19.8. The Morgan fingerprint density at radius 1 is 0.462 bits per heavy atom. The van der Waals surface area contributed by atoms with Crippen LogP contribution in [0.5, 0.6) is 0 Å². The number of unbranched alkanes of at least 4 members (excludes halogenated alkanes) is 40. The zero-order chi connectivity index (χ0) is 47.3. The SMILES string of the molecule is CCCCCCCCCCCCCCCCCCCCCCCCCCCC(O)C(COC1OC(CO)C(O)C(O)C1O)NC(=O)CCCCCCCCCCCCCCCCCCC. The molecule has 0 spiro atoms. The largest absolute Gasteiger partial charge is 0.394 e. The van der Waals surface area contributed by atoms with E-state index in [1.165, 1.54) is 231 Å². The van der Waals surface area contributed by atoms with Crippen LogP contribution in [0.2, 0.25) is 0 Å². The molecule has 6 N–H and O–H groups in total. The van der Waals surface area contributed by atoms with Crippen LogP contribution < -0.4 is 5.32 Å². The van der Waals surface area contributed by atoms with Gasteiger partial charge >= 0.3 is 0 Å². The highest BCUT2D eigenvalue weighted by atomic mass is 16.7. The van der Waals surface area contributed by atoms with Crippen molar-refractivity contribution in [2.45, 2.75) is 339 Å². The summed E-state index contributed by atoms with van der Waals surface area (Å²) in [6.07, 6.45) is 48.4. The Bertz CT molecular complexity index is 986. The second-order valence-corrected chi connectivity index (χ2v) is 20.5. The molecule has 0 aromatic heterocycles. The van der Waals surface area contributed by atoms with Crippen molar-refractivity contribution in [2.24, 2.45) is 0 Å². The van der Waals surface area contributed by atoms with Gasteiger partial charge in [0.2, 0.25) is 5.91 Å². The van der Waals surface area contributed by atoms with Crippen LogP contribution in [0.15, 0.2) is 0 Å². The lowest BCUT2D eigenvalue weighted by Gasteiger charge is -2.40. The standard InChI is InChI=1S/C56H111NO8/c1-3-5-7-9-11-13-15-17-19-21-22-23-24-25-26-27-28-30-31-33-35-37-39-41-43-45-50(59)49(48-64-56-55(63)54(62)53(61)51(47-58)65-56)57-52(60)46-44-42-40-38-36-34-32-29-20-18-16-14-12-10-8-6-4-2/h49-51,53-56,58-59,61-63H,3-48H2,1-2H3,(H,57,60). The molecule has 0 saturated carbocycles. The van der Waals surface area contributed by atoms with Gasteiger partial charge in [-0.05, 0) is 12.8 Å². The molecule has 1 heterocycles. The van der Waals surface area contributed by atoms with E-state index in [4.69, 9.17) is 9.47 Å². The second-order valence-electron chi connectivity index (χ2n) is 20.5. The fraction of sp³-hybridized carbons (Fsp3) is 0.982. The van der Waals surface area contributed by atoms with Gasteiger partial charge in [0.05, 0.1) is 25.4 Å². The predicted octanol–water partition coefficient (Wildman–Crippen LogP) is 13.9. The quantitative estimate of drug-likeness (QED) is 0.0330. The van der Waals surface area contributed by atoms with E-state index in [0.717, 1.165) is 38.5 Å². The summed E-state index contributed by atoms with van der Waals surface area (Å²) in [5.74, 6) is -0.137. The molecule has 65 heavy (non-hydrogen) atoms. The Labute approximate surface area is 402 Å². The van der Waals surface area contributed by atoms with Gasteiger partial charge in [0, 0.05) is 6.42 Å². The summed E-state index contributed by atoms with van der Waals surface area (Å²) in [6, 6.07) is -0.713. The number of amides is 1. The van der Waals surface area contributed by atoms with Gasteiger partial charge in [-0.15, -0.1) is 0 Å². The van der Waals surface area contributed by atoms with Crippen LogP contribution in [0.25, 0.3) is 0 Å². The Balaban J connectivity index is 2.18. The molecule has 1 rings (SSSR count). The van der Waals surface area contributed by atoms with Crippen LogP contribution >= 0.6 is 0 Å². The molecule has 388 valence electrons. The zero-order valence-corrected chi connectivity index (χ0v) is 43.0. The number of hydrogen-bond acceptors (Lipinski definition) is 8. The molecule has 1 aliphatic heterocycles. The van der Waals surface area contributed by atoms with Crippen LogP contribution in [0, 0.1) is 0 Å². The minimum absolute atomic E-state index is 0.131. The third-order valence-corrected chi connectivity index (χ3v) is 14.2. The molecule has 7 unspecified atom stereocenters. The summed E-state index contributed by atoms with van der Waals surface area (Å²) in [4.78, 5) is 13.1. The van der Waals surface area contributed by atoms with Crippen molar-refractivity contribution < 1.29 is 39.8 Å². The number of ether oxygens (including phenoxy) is 2. The second kappa shape index (κ2) is 46.9. The van der Waals surface area contributed by atoms with Crippen molar-refractivity contribution in [3.05, 3.63) is 0 Å². The van der Waals surface area contributed by atoms with E-state index in [-0.39, 0.29) is 12.5 Å². The van der Waals surface area contributed by atoms with E-state index < -0.39 is 49.5 Å². The number of carbonyl (C=O) groups is 1. The van der Waals surface area contributed by atoms with Crippen LogP contribution in [-0.2, 0) is 14.3 Å². The number of carbonyl (C=O) groups excluding carboxylic acids is 1. The Hall–Kier alpha value is -0.810. The molecule has 1 amide bonds. The van der Waals surface area contributed by atoms with Crippen LogP contribution in [0.4, 0.5) is 0 Å². The molecule has 0 aromatic carbocycles. The van der Waals surface area contributed by atoms with Gasteiger partial charge in [0.15, 0.2) is 6.29 Å². The molecule has 1 fully saturated rings. The van der Waals surface area contributed by atoms with Crippen molar-refractivity contribution in [3.8, 4) is 0 Å². The molecule has 7 atom stereocenters. The Morgan fingerprint density at radius 2 is 0.769 bits per heavy atom. The van der Waals surface area contributed by atoms with Crippen molar-refractivity contribution in [1.82, 2.24) is 5.32 Å².